The summed E-state index contributed by atoms with van der Waals surface area (Å²) in [7, 11) is 0. The van der Waals surface area contributed by atoms with Gasteiger partial charge in [-0.15, -0.1) is 0 Å². The van der Waals surface area contributed by atoms with Crippen molar-refractivity contribution < 1.29 is 24.8 Å². The Morgan fingerprint density at radius 3 is 2.52 bits per heavy atom. The molecule has 1 saturated heterocycles. The van der Waals surface area contributed by atoms with Gasteiger partial charge in [0.25, 0.3) is 5.56 Å². The molecule has 1 aliphatic rings. The molecule has 1 aromatic heterocycles. The van der Waals surface area contributed by atoms with Crippen molar-refractivity contribution >= 4 is 0 Å². The summed E-state index contributed by atoms with van der Waals surface area (Å²) in [6, 6.07) is 1.11. The molecule has 9 nitrogen and oxygen atoms in total. The first kappa shape index (κ1) is 15.9. The third kappa shape index (κ3) is 3.39. The summed E-state index contributed by atoms with van der Waals surface area (Å²) >= 11 is 0. The zero-order chi connectivity index (χ0) is 15.8. The zero-order valence-electron chi connectivity index (χ0n) is 11.6. The van der Waals surface area contributed by atoms with Crippen LogP contribution >= 0.6 is 0 Å². The predicted molar refractivity (Wildman–Crippen MR) is 69.6 cm³/mol. The first-order valence-electron chi connectivity index (χ1n) is 6.39. The Labute approximate surface area is 119 Å². The molecule has 0 bridgehead atoms. The molecule has 4 atom stereocenters. The van der Waals surface area contributed by atoms with Crippen molar-refractivity contribution in [2.24, 2.45) is 0 Å². The van der Waals surface area contributed by atoms with Gasteiger partial charge in [-0.2, -0.15) is 0 Å². The maximum atomic E-state index is 11.4. The number of hydrogen-bond acceptors (Lipinski definition) is 7. The number of ether oxygens (including phenoxy) is 2. The topological polar surface area (TPSA) is 145 Å². The first-order valence-corrected chi connectivity index (χ1v) is 6.39. The lowest BCUT2D eigenvalue weighted by Gasteiger charge is -2.25. The number of nitrogens with one attached hydrogen (secondary N) is 2. The van der Waals surface area contributed by atoms with E-state index in [0.717, 1.165) is 6.07 Å². The molecule has 0 unspecified atom stereocenters. The van der Waals surface area contributed by atoms with E-state index in [2.05, 4.69) is 4.98 Å². The predicted octanol–water partition coefficient (Wildman–Crippen LogP) is -2.03. The minimum Gasteiger partial charge on any atom is -0.394 e. The Kier molecular flexibility index (Phi) is 4.30. The highest BCUT2D eigenvalue weighted by atomic mass is 16.8. The highest BCUT2D eigenvalue weighted by Crippen LogP contribution is 2.39. The lowest BCUT2D eigenvalue weighted by Crippen LogP contribution is -2.43. The monoisotopic (exact) mass is 302 g/mol. The molecular weight excluding hydrogens is 284 g/mol. The molecule has 2 heterocycles. The van der Waals surface area contributed by atoms with Crippen LogP contribution in [0.4, 0.5) is 0 Å². The smallest absolute Gasteiger partial charge is 0.325 e. The Balaban J connectivity index is 2.38. The van der Waals surface area contributed by atoms with Crippen molar-refractivity contribution in [2.75, 3.05) is 6.61 Å². The van der Waals surface area contributed by atoms with Crippen LogP contribution in [0.25, 0.3) is 0 Å². The molecule has 5 N–H and O–H groups in total. The van der Waals surface area contributed by atoms with Gasteiger partial charge < -0.3 is 29.8 Å². The molecule has 9 heteroatoms. The standard InChI is InChI=1S/C12H18N2O7/c1-12(2)20-9(5-3-7(17)14-11(19)13-5)10(21-12)8(18)6(16)4-15/h3,6,8-10,15-16,18H,4H2,1-2H3,(H2,13,14,17,19)/t6-,8+,9+,10-/m1/s1. The largest absolute Gasteiger partial charge is 0.394 e. The van der Waals surface area contributed by atoms with Crippen LogP contribution in [0.1, 0.15) is 25.6 Å². The van der Waals surface area contributed by atoms with Crippen molar-refractivity contribution in [3.05, 3.63) is 32.6 Å². The molecule has 1 aliphatic heterocycles. The number of H-pyrrole nitrogens is 2. The molecule has 21 heavy (non-hydrogen) atoms. The minimum absolute atomic E-state index is 0.114. The Morgan fingerprint density at radius 1 is 1.29 bits per heavy atom. The summed E-state index contributed by atoms with van der Waals surface area (Å²) in [6.45, 7) is 2.51. The van der Waals surface area contributed by atoms with Gasteiger partial charge in [-0.3, -0.25) is 9.78 Å². The maximum absolute atomic E-state index is 11.4. The normalized spacial score (nSPS) is 27.5. The second-order valence-electron chi connectivity index (χ2n) is 5.30. The minimum atomic E-state index is -1.45. The Bertz CT molecular complexity index is 580. The van der Waals surface area contributed by atoms with Gasteiger partial charge in [-0.25, -0.2) is 4.79 Å². The third-order valence-corrected chi connectivity index (χ3v) is 3.13. The maximum Gasteiger partial charge on any atom is 0.325 e. The van der Waals surface area contributed by atoms with Gasteiger partial charge in [0.2, 0.25) is 0 Å². The molecule has 2 rings (SSSR count). The number of aliphatic hydroxyl groups excluding tert-OH is 3. The highest BCUT2D eigenvalue weighted by molar-refractivity contribution is 5.09. The molecule has 0 radical (unpaired) electrons. The zero-order valence-corrected chi connectivity index (χ0v) is 11.6. The van der Waals surface area contributed by atoms with E-state index in [0.29, 0.717) is 0 Å². The van der Waals surface area contributed by atoms with Gasteiger partial charge in [0.05, 0.1) is 12.3 Å². The molecule has 0 aliphatic carbocycles. The number of aromatic nitrogens is 2. The van der Waals surface area contributed by atoms with Gasteiger partial charge in [0, 0.05) is 6.07 Å². The van der Waals surface area contributed by atoms with E-state index in [1.807, 2.05) is 4.98 Å². The van der Waals surface area contributed by atoms with Gasteiger partial charge in [-0.05, 0) is 13.8 Å². The number of aromatic amines is 2. The highest BCUT2D eigenvalue weighted by Gasteiger charge is 2.47. The molecule has 0 saturated carbocycles. The second kappa shape index (κ2) is 5.70. The van der Waals surface area contributed by atoms with Gasteiger partial charge in [0.1, 0.15) is 24.4 Å². The molecule has 0 aromatic carbocycles. The van der Waals surface area contributed by atoms with Crippen LogP contribution in [0.5, 0.6) is 0 Å². The third-order valence-electron chi connectivity index (χ3n) is 3.13. The molecular formula is C12H18N2O7. The molecule has 1 fully saturated rings. The van der Waals surface area contributed by atoms with Crippen molar-refractivity contribution in [1.82, 2.24) is 9.97 Å². The van der Waals surface area contributed by atoms with Crippen LogP contribution < -0.4 is 11.2 Å². The fourth-order valence-electron chi connectivity index (χ4n) is 2.25. The fourth-order valence-corrected chi connectivity index (χ4v) is 2.25. The summed E-state index contributed by atoms with van der Waals surface area (Å²) in [5, 5.41) is 28.5. The van der Waals surface area contributed by atoms with Gasteiger partial charge >= 0.3 is 5.69 Å². The lowest BCUT2D eigenvalue weighted by molar-refractivity contribution is -0.164. The number of rotatable bonds is 4. The van der Waals surface area contributed by atoms with Crippen molar-refractivity contribution in [1.29, 1.82) is 0 Å². The van der Waals surface area contributed by atoms with Crippen LogP contribution in [0.15, 0.2) is 15.7 Å². The SMILES string of the molecule is CC1(C)O[C@H]([C@@H](O)[C@H](O)CO)[C@H](c2cc(=O)[nH]c(=O)[nH]2)O1. The molecule has 1 aromatic rings. The fraction of sp³-hybridized carbons (Fsp3) is 0.667. The van der Waals surface area contributed by atoms with Gasteiger partial charge in [-0.1, -0.05) is 0 Å². The van der Waals surface area contributed by atoms with E-state index in [1.165, 1.54) is 0 Å². The average Bonchev–Trinajstić information content (AvgIpc) is 2.72. The summed E-state index contributed by atoms with van der Waals surface area (Å²) in [5.41, 5.74) is -1.23. The van der Waals surface area contributed by atoms with Crippen LogP contribution in [0.3, 0.4) is 0 Å². The van der Waals surface area contributed by atoms with Crippen molar-refractivity contribution in [3.8, 4) is 0 Å². The van der Waals surface area contributed by atoms with Crippen molar-refractivity contribution in [2.45, 2.75) is 44.1 Å². The van der Waals surface area contributed by atoms with Crippen LogP contribution in [-0.2, 0) is 9.47 Å². The molecule has 0 amide bonds. The molecule has 118 valence electrons. The van der Waals surface area contributed by atoms with Gasteiger partial charge in [0.15, 0.2) is 5.79 Å². The summed E-state index contributed by atoms with van der Waals surface area (Å²) in [6.07, 6.45) is -4.92. The number of aliphatic hydroxyl groups is 3. The lowest BCUT2D eigenvalue weighted by atomic mass is 10.0. The summed E-state index contributed by atoms with van der Waals surface area (Å²) in [4.78, 5) is 27.1. The second-order valence-corrected chi connectivity index (χ2v) is 5.30. The summed E-state index contributed by atoms with van der Waals surface area (Å²) < 4.78 is 11.1. The van der Waals surface area contributed by atoms with E-state index in [4.69, 9.17) is 14.6 Å². The Morgan fingerprint density at radius 2 is 1.95 bits per heavy atom. The van der Waals surface area contributed by atoms with E-state index in [1.54, 1.807) is 13.8 Å². The van der Waals surface area contributed by atoms with Crippen LogP contribution in [-0.4, -0.2) is 56.0 Å². The Hall–Kier alpha value is -1.52. The quantitative estimate of drug-likeness (QED) is 0.431. The van der Waals surface area contributed by atoms with Crippen molar-refractivity contribution in [3.63, 3.8) is 0 Å². The van der Waals surface area contributed by atoms with E-state index < -0.39 is 48.1 Å². The van der Waals surface area contributed by atoms with E-state index >= 15 is 0 Å². The summed E-state index contributed by atoms with van der Waals surface area (Å²) in [5.74, 6) is -1.09. The van der Waals surface area contributed by atoms with E-state index in [-0.39, 0.29) is 5.69 Å². The van der Waals surface area contributed by atoms with Crippen LogP contribution in [0.2, 0.25) is 0 Å². The number of hydrogen-bond donors (Lipinski definition) is 5. The first-order chi connectivity index (χ1) is 9.73. The van der Waals surface area contributed by atoms with Crippen LogP contribution in [0, 0.1) is 0 Å². The molecule has 0 spiro atoms. The average molecular weight is 302 g/mol. The van der Waals surface area contributed by atoms with E-state index in [9.17, 15) is 19.8 Å².